The van der Waals surface area contributed by atoms with Gasteiger partial charge in [-0.25, -0.2) is 0 Å². The van der Waals surface area contributed by atoms with E-state index < -0.39 is 124 Å². The van der Waals surface area contributed by atoms with E-state index in [1.54, 1.807) is 6.08 Å². The van der Waals surface area contributed by atoms with Crippen molar-refractivity contribution in [1.82, 2.24) is 5.32 Å². The van der Waals surface area contributed by atoms with Gasteiger partial charge in [0, 0.05) is 6.42 Å². The van der Waals surface area contributed by atoms with Crippen LogP contribution in [-0.4, -0.2) is 193 Å². The summed E-state index contributed by atoms with van der Waals surface area (Å²) in [5, 5.41) is 121. The van der Waals surface area contributed by atoms with E-state index in [2.05, 4.69) is 79.9 Å². The zero-order valence-electron chi connectivity index (χ0n) is 59.3. The average Bonchev–Trinajstić information content (AvgIpc) is 0.788. The maximum atomic E-state index is 13.4. The first-order valence-electron chi connectivity index (χ1n) is 38.2. The van der Waals surface area contributed by atoms with Crippen LogP contribution in [0.2, 0.25) is 0 Å². The van der Waals surface area contributed by atoms with Gasteiger partial charge in [0.2, 0.25) is 5.91 Å². The SMILES string of the molecule is CC/C=C\C/C=C\C/C=C\C/C=C\C/C=C\CCCCCCCCCC(=O)NC(COC1OC(CO)C(OC2OC(CO)C(OC3OC(CO)C(O)C(O)C3O)C(O)C2O)C(O)C1O)C(O)/C=C/CCCCCCCCCCCCCCCCCCCCCCCCCCCC. The van der Waals surface area contributed by atoms with Crippen LogP contribution >= 0.6 is 0 Å². The minimum absolute atomic E-state index is 0.227. The van der Waals surface area contributed by atoms with Gasteiger partial charge in [0.05, 0.1) is 38.6 Å². The van der Waals surface area contributed by atoms with Gasteiger partial charge in [0.25, 0.3) is 0 Å². The number of unbranched alkanes of at least 4 members (excludes halogenated alkanes) is 33. The summed E-state index contributed by atoms with van der Waals surface area (Å²) in [5.41, 5.74) is 0. The molecule has 19 heteroatoms. The van der Waals surface area contributed by atoms with E-state index in [1.807, 2.05) is 6.08 Å². The molecule has 0 aliphatic carbocycles. The van der Waals surface area contributed by atoms with E-state index in [9.17, 15) is 61.0 Å². The van der Waals surface area contributed by atoms with Crippen molar-refractivity contribution < 1.29 is 89.4 Å². The fourth-order valence-electron chi connectivity index (χ4n) is 12.6. The molecule has 3 aliphatic heterocycles. The third-order valence-corrected chi connectivity index (χ3v) is 18.8. The second-order valence-corrected chi connectivity index (χ2v) is 27.1. The number of carbonyl (C=O) groups is 1. The van der Waals surface area contributed by atoms with Crippen LogP contribution in [0.5, 0.6) is 0 Å². The zero-order valence-corrected chi connectivity index (χ0v) is 59.3. The van der Waals surface area contributed by atoms with E-state index in [0.717, 1.165) is 103 Å². The second kappa shape index (κ2) is 57.8. The Morgan fingerprint density at radius 2 is 0.719 bits per heavy atom. The Balaban J connectivity index is 1.41. The Kier molecular flexibility index (Phi) is 52.7. The summed E-state index contributed by atoms with van der Waals surface area (Å²) in [6.07, 6.45) is 47.3. The molecule has 0 bridgehead atoms. The summed E-state index contributed by atoms with van der Waals surface area (Å²) in [7, 11) is 0. The first kappa shape index (κ1) is 87.4. The molecule has 3 aliphatic rings. The highest BCUT2D eigenvalue weighted by atomic mass is 16.8. The summed E-state index contributed by atoms with van der Waals surface area (Å²) >= 11 is 0. The number of amides is 1. The van der Waals surface area contributed by atoms with Crippen LogP contribution in [0.25, 0.3) is 0 Å². The zero-order chi connectivity index (χ0) is 69.6. The molecule has 3 heterocycles. The molecule has 19 nitrogen and oxygen atoms in total. The van der Waals surface area contributed by atoms with Crippen LogP contribution in [0, 0.1) is 0 Å². The quantitative estimate of drug-likeness (QED) is 0.0199. The molecule has 558 valence electrons. The molecule has 96 heavy (non-hydrogen) atoms. The Bertz CT molecular complexity index is 2020. The van der Waals surface area contributed by atoms with Gasteiger partial charge in [-0.15, -0.1) is 0 Å². The maximum Gasteiger partial charge on any atom is 0.220 e. The molecule has 0 radical (unpaired) electrons. The van der Waals surface area contributed by atoms with Crippen molar-refractivity contribution in [2.24, 2.45) is 0 Å². The topological polar surface area (TPSA) is 307 Å². The highest BCUT2D eigenvalue weighted by molar-refractivity contribution is 5.76. The maximum absolute atomic E-state index is 13.4. The van der Waals surface area contributed by atoms with Crippen molar-refractivity contribution in [1.29, 1.82) is 0 Å². The van der Waals surface area contributed by atoms with Crippen molar-refractivity contribution in [3.8, 4) is 0 Å². The number of rotatable bonds is 59. The number of aliphatic hydroxyl groups is 11. The van der Waals surface area contributed by atoms with E-state index in [1.165, 1.54) is 148 Å². The third-order valence-electron chi connectivity index (χ3n) is 18.8. The molecule has 17 unspecified atom stereocenters. The van der Waals surface area contributed by atoms with Gasteiger partial charge >= 0.3 is 0 Å². The molecule has 12 N–H and O–H groups in total. The third kappa shape index (κ3) is 38.3. The standard InChI is InChI=1S/C77H137NO18/c1-3-5-7-9-11-13-15-17-19-21-23-25-27-28-29-30-31-33-34-36-38-40-42-44-46-48-50-52-54-61(82)60(78-65(83)55-53-51-49-47-45-43-41-39-37-35-32-26-24-22-20-18-16-14-12-10-8-6-4-2)59-91-75-71(89)68(86)73(63(57-80)93-75)96-77-72(90)69(87)74(64(58-81)94-77)95-76-70(88)67(85)66(84)62(56-79)92-76/h6,8,12,14,18,20,24,26,35,37,52,54,60-64,66-77,79-82,84-90H,3-5,7,9-11,13,15-17,19,21-23,25,27-34,36,38-51,53,55-59H2,1-2H3,(H,78,83)/b8-6-,14-12-,20-18-,26-24-,37-35-,54-52+. The molecule has 3 fully saturated rings. The van der Waals surface area contributed by atoms with Crippen LogP contribution in [0.3, 0.4) is 0 Å². The van der Waals surface area contributed by atoms with E-state index in [-0.39, 0.29) is 18.9 Å². The minimum atomic E-state index is -1.98. The Morgan fingerprint density at radius 3 is 1.12 bits per heavy atom. The summed E-state index contributed by atoms with van der Waals surface area (Å²) in [6, 6.07) is -0.985. The number of aliphatic hydroxyl groups excluding tert-OH is 11. The lowest BCUT2D eigenvalue weighted by Gasteiger charge is -2.48. The molecule has 3 rings (SSSR count). The summed E-state index contributed by atoms with van der Waals surface area (Å²) in [6.45, 7) is 1.64. The molecule has 0 saturated carbocycles. The molecular formula is C77H137NO18. The van der Waals surface area contributed by atoms with Gasteiger partial charge in [-0.2, -0.15) is 0 Å². The lowest BCUT2D eigenvalue weighted by molar-refractivity contribution is -0.379. The monoisotopic (exact) mass is 1360 g/mol. The predicted molar refractivity (Wildman–Crippen MR) is 378 cm³/mol. The number of hydrogen-bond donors (Lipinski definition) is 12. The molecule has 0 aromatic carbocycles. The van der Waals surface area contributed by atoms with Crippen LogP contribution in [0.15, 0.2) is 72.9 Å². The van der Waals surface area contributed by atoms with Gasteiger partial charge in [0.1, 0.15) is 73.2 Å². The first-order valence-corrected chi connectivity index (χ1v) is 38.2. The average molecular weight is 1360 g/mol. The molecule has 17 atom stereocenters. The van der Waals surface area contributed by atoms with Crippen LogP contribution in [0.4, 0.5) is 0 Å². The molecule has 0 spiro atoms. The normalized spacial score (nSPS) is 27.4. The fraction of sp³-hybridized carbons (Fsp3) is 0.831. The highest BCUT2D eigenvalue weighted by Gasteiger charge is 2.53. The lowest BCUT2D eigenvalue weighted by Crippen LogP contribution is -2.66. The van der Waals surface area contributed by atoms with Crippen LogP contribution in [-0.2, 0) is 33.2 Å². The van der Waals surface area contributed by atoms with Gasteiger partial charge in [0.15, 0.2) is 18.9 Å². The van der Waals surface area contributed by atoms with Gasteiger partial charge in [-0.3, -0.25) is 4.79 Å². The molecule has 1 amide bonds. The smallest absolute Gasteiger partial charge is 0.220 e. The van der Waals surface area contributed by atoms with Crippen molar-refractivity contribution in [2.75, 3.05) is 26.4 Å². The minimum Gasteiger partial charge on any atom is -0.394 e. The Labute approximate surface area is 578 Å². The number of carbonyl (C=O) groups excluding carboxylic acids is 1. The van der Waals surface area contributed by atoms with E-state index in [0.29, 0.717) is 6.42 Å². The Morgan fingerprint density at radius 1 is 0.385 bits per heavy atom. The largest absolute Gasteiger partial charge is 0.394 e. The molecular weight excluding hydrogens is 1230 g/mol. The molecule has 0 aromatic heterocycles. The number of hydrogen-bond acceptors (Lipinski definition) is 18. The number of ether oxygens (including phenoxy) is 6. The van der Waals surface area contributed by atoms with Crippen molar-refractivity contribution >= 4 is 5.91 Å². The van der Waals surface area contributed by atoms with Crippen LogP contribution in [0.1, 0.15) is 277 Å². The van der Waals surface area contributed by atoms with Gasteiger partial charge in [-0.1, -0.05) is 279 Å². The predicted octanol–water partition coefficient (Wildman–Crippen LogP) is 11.7. The van der Waals surface area contributed by atoms with E-state index >= 15 is 0 Å². The van der Waals surface area contributed by atoms with Crippen LogP contribution < -0.4 is 5.32 Å². The lowest BCUT2D eigenvalue weighted by atomic mass is 9.96. The van der Waals surface area contributed by atoms with E-state index in [4.69, 9.17) is 28.4 Å². The molecule has 3 saturated heterocycles. The first-order chi connectivity index (χ1) is 46.8. The second-order valence-electron chi connectivity index (χ2n) is 27.1. The van der Waals surface area contributed by atoms with Crippen molar-refractivity contribution in [2.45, 2.75) is 381 Å². The number of allylic oxidation sites excluding steroid dienone is 11. The summed E-state index contributed by atoms with van der Waals surface area (Å²) in [4.78, 5) is 13.4. The Hall–Kier alpha value is -2.77. The van der Waals surface area contributed by atoms with Gasteiger partial charge in [-0.05, 0) is 64.2 Å². The summed E-state index contributed by atoms with van der Waals surface area (Å²) in [5.74, 6) is -0.286. The highest BCUT2D eigenvalue weighted by Crippen LogP contribution is 2.33. The fourth-order valence-corrected chi connectivity index (χ4v) is 12.6. The number of nitrogens with one attached hydrogen (secondary N) is 1. The van der Waals surface area contributed by atoms with Crippen molar-refractivity contribution in [3.05, 3.63) is 72.9 Å². The summed E-state index contributed by atoms with van der Waals surface area (Å²) < 4.78 is 34.4. The van der Waals surface area contributed by atoms with Gasteiger partial charge < -0.3 is 89.9 Å². The van der Waals surface area contributed by atoms with Crippen molar-refractivity contribution in [3.63, 3.8) is 0 Å². The molecule has 0 aromatic rings.